The Morgan fingerprint density at radius 3 is 2.78 bits per heavy atom. The average Bonchev–Trinajstić information content (AvgIpc) is 1.80. The third-order valence-electron chi connectivity index (χ3n) is 0.586. The number of rotatable bonds is 5. The zero-order chi connectivity index (χ0) is 7.11. The molecule has 0 aliphatic carbocycles. The molecule has 0 rings (SSSR count). The normalized spacial score (nSPS) is 13.6. The molecule has 6 heteroatoms. The summed E-state index contributed by atoms with van der Waals surface area (Å²) in [6.07, 6.45) is 0. The summed E-state index contributed by atoms with van der Waals surface area (Å²) >= 11 is 0. The first-order chi connectivity index (χ1) is 4.27. The molecule has 1 atom stereocenters. The van der Waals surface area contributed by atoms with E-state index in [0.717, 1.165) is 0 Å². The number of nitrogens with one attached hydrogen (secondary N) is 1. The minimum absolute atomic E-state index is 0.00425. The molecule has 0 bridgehead atoms. The molecule has 3 N–H and O–H groups in total. The maximum absolute atomic E-state index is 9.82. The van der Waals surface area contributed by atoms with Crippen LogP contribution in [0.3, 0.4) is 0 Å². The van der Waals surface area contributed by atoms with Crippen LogP contribution in [-0.4, -0.2) is 29.9 Å². The van der Waals surface area contributed by atoms with Crippen LogP contribution in [0.5, 0.6) is 0 Å². The smallest absolute Gasteiger partial charge is 0.317 e. The van der Waals surface area contributed by atoms with Crippen molar-refractivity contribution in [2.75, 3.05) is 19.9 Å². The molecule has 0 aliphatic rings. The summed E-state index contributed by atoms with van der Waals surface area (Å²) in [5, 5.41) is 10.7. The highest BCUT2D eigenvalue weighted by Crippen LogP contribution is 2.11. The lowest BCUT2D eigenvalue weighted by molar-refractivity contribution is 0.232. The van der Waals surface area contributed by atoms with Crippen LogP contribution in [0.25, 0.3) is 0 Å². The Balaban J connectivity index is 2.83. The summed E-state index contributed by atoms with van der Waals surface area (Å²) in [5.74, 6) is 0. The summed E-state index contributed by atoms with van der Waals surface area (Å²) in [6, 6.07) is 0. The second-order valence-corrected chi connectivity index (χ2v) is 2.10. The van der Waals surface area contributed by atoms with E-state index in [4.69, 9.17) is 10.00 Å². The van der Waals surface area contributed by atoms with E-state index in [0.29, 0.717) is 6.54 Å². The molecular weight excluding hydrogens is 145 g/mol. The van der Waals surface area contributed by atoms with Crippen LogP contribution in [-0.2, 0) is 9.09 Å². The fourth-order valence-electron chi connectivity index (χ4n) is 0.264. The number of aliphatic hydroxyl groups is 1. The fraction of sp³-hybridized carbons (Fsp3) is 1.00. The first-order valence-corrected chi connectivity index (χ1v) is 3.71. The van der Waals surface area contributed by atoms with Crippen LogP contribution in [0.4, 0.5) is 0 Å². The van der Waals surface area contributed by atoms with Gasteiger partial charge >= 0.3 is 8.25 Å². The van der Waals surface area contributed by atoms with Crippen LogP contribution in [0.1, 0.15) is 0 Å². The minimum Gasteiger partial charge on any atom is -0.395 e. The van der Waals surface area contributed by atoms with Crippen LogP contribution in [0, 0.1) is 0 Å². The molecule has 0 aromatic heterocycles. The monoisotopic (exact) mass is 155 g/mol. The van der Waals surface area contributed by atoms with Gasteiger partial charge in [0, 0.05) is 6.54 Å². The predicted octanol–water partition coefficient (Wildman–Crippen LogP) is -1.08. The van der Waals surface area contributed by atoms with E-state index in [2.05, 4.69) is 9.84 Å². The number of aliphatic hydroxyl groups excluding tert-OH is 1. The average molecular weight is 155 g/mol. The van der Waals surface area contributed by atoms with Crippen molar-refractivity contribution < 1.29 is 19.1 Å². The predicted molar refractivity (Wildman–Crippen MR) is 32.3 cm³/mol. The van der Waals surface area contributed by atoms with E-state index in [1.807, 2.05) is 0 Å². The van der Waals surface area contributed by atoms with Gasteiger partial charge in [-0.25, -0.2) is 0 Å². The Kier molecular flexibility index (Phi) is 6.24. The van der Waals surface area contributed by atoms with Gasteiger partial charge in [0.05, 0.1) is 6.61 Å². The second kappa shape index (κ2) is 6.19. The van der Waals surface area contributed by atoms with E-state index in [1.54, 1.807) is 0 Å². The van der Waals surface area contributed by atoms with E-state index in [9.17, 15) is 4.57 Å². The molecule has 1 unspecified atom stereocenters. The van der Waals surface area contributed by atoms with Gasteiger partial charge < -0.3 is 10.00 Å². The van der Waals surface area contributed by atoms with Crippen LogP contribution in [0.15, 0.2) is 0 Å². The molecule has 0 spiro atoms. The van der Waals surface area contributed by atoms with Crippen molar-refractivity contribution in [2.45, 2.75) is 0 Å². The Hall–Kier alpha value is 0.0700. The highest BCUT2D eigenvalue weighted by Gasteiger charge is 1.88. The summed E-state index contributed by atoms with van der Waals surface area (Å²) in [4.78, 5) is 8.07. The quantitative estimate of drug-likeness (QED) is 0.267. The molecule has 56 valence electrons. The maximum atomic E-state index is 9.82. The first-order valence-electron chi connectivity index (χ1n) is 2.44. The van der Waals surface area contributed by atoms with Crippen molar-refractivity contribution in [3.63, 3.8) is 0 Å². The molecule has 5 nitrogen and oxygen atoms in total. The van der Waals surface area contributed by atoms with Gasteiger partial charge in [-0.15, -0.1) is 0 Å². The second-order valence-electron chi connectivity index (χ2n) is 1.28. The number of hydrogen-bond donors (Lipinski definition) is 3. The Bertz CT molecular complexity index is 87.9. The van der Waals surface area contributed by atoms with Crippen LogP contribution >= 0.6 is 8.25 Å². The van der Waals surface area contributed by atoms with Gasteiger partial charge in [0.1, 0.15) is 6.73 Å². The van der Waals surface area contributed by atoms with Crippen molar-refractivity contribution >= 4 is 8.25 Å². The highest BCUT2D eigenvalue weighted by molar-refractivity contribution is 7.32. The van der Waals surface area contributed by atoms with Crippen LogP contribution in [0.2, 0.25) is 0 Å². The van der Waals surface area contributed by atoms with Crippen molar-refractivity contribution in [1.82, 2.24) is 5.32 Å². The zero-order valence-electron chi connectivity index (χ0n) is 4.83. The molecule has 0 radical (unpaired) electrons. The van der Waals surface area contributed by atoms with E-state index >= 15 is 0 Å². The van der Waals surface area contributed by atoms with Gasteiger partial charge in [-0.05, 0) is 0 Å². The lowest BCUT2D eigenvalue weighted by atomic mass is 10.7. The van der Waals surface area contributed by atoms with Gasteiger partial charge in [-0.1, -0.05) is 0 Å². The van der Waals surface area contributed by atoms with Crippen molar-refractivity contribution in [3.8, 4) is 0 Å². The van der Waals surface area contributed by atoms with Crippen molar-refractivity contribution in [1.29, 1.82) is 0 Å². The molecule has 9 heavy (non-hydrogen) atoms. The Labute approximate surface area is 53.6 Å². The standard InChI is InChI=1S/C3H10NO4P/c5-2-1-4-3-8-9(6)7/h4-5,9H,1-3H2,(H,6,7). The topological polar surface area (TPSA) is 78.8 Å². The van der Waals surface area contributed by atoms with Gasteiger partial charge in [-0.3, -0.25) is 14.4 Å². The van der Waals surface area contributed by atoms with Gasteiger partial charge in [-0.2, -0.15) is 0 Å². The molecule has 0 aromatic rings. The highest BCUT2D eigenvalue weighted by atomic mass is 31.1. The first kappa shape index (κ1) is 9.07. The van der Waals surface area contributed by atoms with Crippen LogP contribution < -0.4 is 5.32 Å². The van der Waals surface area contributed by atoms with Gasteiger partial charge in [0.2, 0.25) is 0 Å². The van der Waals surface area contributed by atoms with Crippen molar-refractivity contribution in [2.24, 2.45) is 0 Å². The maximum Gasteiger partial charge on any atom is 0.317 e. The van der Waals surface area contributed by atoms with E-state index < -0.39 is 8.25 Å². The zero-order valence-corrected chi connectivity index (χ0v) is 5.83. The molecule has 0 saturated heterocycles. The molecule has 0 aromatic carbocycles. The summed E-state index contributed by atoms with van der Waals surface area (Å²) in [7, 11) is -2.81. The van der Waals surface area contributed by atoms with E-state index in [-0.39, 0.29) is 13.3 Å². The lowest BCUT2D eigenvalue weighted by Gasteiger charge is -1.99. The molecule has 0 aliphatic heterocycles. The number of hydrogen-bond acceptors (Lipinski definition) is 4. The van der Waals surface area contributed by atoms with E-state index in [1.165, 1.54) is 0 Å². The third kappa shape index (κ3) is 8.07. The summed E-state index contributed by atoms with van der Waals surface area (Å²) < 4.78 is 14.0. The molecule has 0 saturated carbocycles. The fourth-order valence-corrected chi connectivity index (χ4v) is 0.490. The summed E-state index contributed by atoms with van der Waals surface area (Å²) in [6.45, 7) is 0.375. The minimum atomic E-state index is -2.81. The van der Waals surface area contributed by atoms with Gasteiger partial charge in [0.25, 0.3) is 0 Å². The Morgan fingerprint density at radius 1 is 1.67 bits per heavy atom. The van der Waals surface area contributed by atoms with Gasteiger partial charge in [0.15, 0.2) is 0 Å². The molecule has 0 amide bonds. The van der Waals surface area contributed by atoms with Crippen molar-refractivity contribution in [3.05, 3.63) is 0 Å². The molecular formula is C3H10NO4P. The SMILES string of the molecule is O=[PH](O)OCNCCO. The molecule has 0 fully saturated rings. The Morgan fingerprint density at radius 2 is 2.33 bits per heavy atom. The summed E-state index contributed by atoms with van der Waals surface area (Å²) in [5.41, 5.74) is 0. The lowest BCUT2D eigenvalue weighted by Crippen LogP contribution is -2.19. The molecule has 0 heterocycles. The third-order valence-corrected chi connectivity index (χ3v) is 0.978. The largest absolute Gasteiger partial charge is 0.395 e.